The van der Waals surface area contributed by atoms with Gasteiger partial charge >= 0.3 is 0 Å². The van der Waals surface area contributed by atoms with Gasteiger partial charge in [-0.05, 0) is 29.3 Å². The summed E-state index contributed by atoms with van der Waals surface area (Å²) in [5.74, 6) is 0. The van der Waals surface area contributed by atoms with Gasteiger partial charge in [-0.25, -0.2) is 0 Å². The monoisotopic (exact) mass is 212 g/mol. The van der Waals surface area contributed by atoms with E-state index in [1.54, 1.807) is 6.08 Å². The molecule has 2 rings (SSSR count). The van der Waals surface area contributed by atoms with Gasteiger partial charge in [-0.3, -0.25) is 0 Å². The zero-order chi connectivity index (χ0) is 11.4. The van der Waals surface area contributed by atoms with E-state index in [0.717, 1.165) is 0 Å². The van der Waals surface area contributed by atoms with Crippen LogP contribution in [0.25, 0.3) is 10.8 Å². The van der Waals surface area contributed by atoms with Crippen molar-refractivity contribution in [3.05, 3.63) is 60.7 Å². The van der Waals surface area contributed by atoms with Crippen LogP contribution in [0.3, 0.4) is 0 Å². The van der Waals surface area contributed by atoms with E-state index >= 15 is 0 Å². The Bertz CT molecular complexity index is 488. The van der Waals surface area contributed by atoms with Crippen molar-refractivity contribution in [1.82, 2.24) is 0 Å². The smallest absolute Gasteiger partial charge is 0.0801 e. The van der Waals surface area contributed by atoms with Crippen molar-refractivity contribution >= 4 is 10.8 Å². The second kappa shape index (κ2) is 4.95. The average molecular weight is 212 g/mol. The highest BCUT2D eigenvalue weighted by atomic mass is 16.5. The molecule has 0 N–H and O–H groups in total. The van der Waals surface area contributed by atoms with Gasteiger partial charge in [-0.1, -0.05) is 42.5 Å². The van der Waals surface area contributed by atoms with Gasteiger partial charge in [-0.15, -0.1) is 6.58 Å². The van der Waals surface area contributed by atoms with Gasteiger partial charge in [0.1, 0.15) is 0 Å². The molecule has 1 nitrogen and oxygen atoms in total. The molecule has 82 valence electrons. The summed E-state index contributed by atoms with van der Waals surface area (Å²) in [4.78, 5) is 0. The molecule has 0 aliphatic rings. The van der Waals surface area contributed by atoms with Crippen molar-refractivity contribution in [2.24, 2.45) is 0 Å². The van der Waals surface area contributed by atoms with Crippen molar-refractivity contribution in [2.45, 2.75) is 13.0 Å². The number of fused-ring (bicyclic) bond motifs is 1. The minimum atomic E-state index is 0.114. The van der Waals surface area contributed by atoms with E-state index in [-0.39, 0.29) is 6.10 Å². The Hall–Kier alpha value is -1.60. The summed E-state index contributed by atoms with van der Waals surface area (Å²) in [6.07, 6.45) is 1.89. The first-order valence-electron chi connectivity index (χ1n) is 5.52. The summed E-state index contributed by atoms with van der Waals surface area (Å²) in [5.41, 5.74) is 1.21. The molecule has 0 aromatic heterocycles. The third-order valence-electron chi connectivity index (χ3n) is 2.71. The molecule has 2 aromatic carbocycles. The molecule has 0 saturated carbocycles. The van der Waals surface area contributed by atoms with Crippen molar-refractivity contribution in [1.29, 1.82) is 0 Å². The Morgan fingerprint density at radius 2 is 1.94 bits per heavy atom. The molecule has 0 radical (unpaired) electrons. The van der Waals surface area contributed by atoms with E-state index in [1.807, 2.05) is 0 Å². The number of benzene rings is 2. The Morgan fingerprint density at radius 1 is 1.19 bits per heavy atom. The fraction of sp³-hybridized carbons (Fsp3) is 0.200. The van der Waals surface area contributed by atoms with Crippen LogP contribution in [0.15, 0.2) is 55.1 Å². The van der Waals surface area contributed by atoms with E-state index in [4.69, 9.17) is 4.74 Å². The Morgan fingerprint density at radius 3 is 2.69 bits per heavy atom. The van der Waals surface area contributed by atoms with Crippen LogP contribution in [-0.4, -0.2) is 6.61 Å². The Kier molecular flexibility index (Phi) is 3.37. The zero-order valence-electron chi connectivity index (χ0n) is 9.52. The maximum atomic E-state index is 5.61. The summed E-state index contributed by atoms with van der Waals surface area (Å²) in [5, 5.41) is 2.52. The van der Waals surface area contributed by atoms with Crippen LogP contribution >= 0.6 is 0 Å². The van der Waals surface area contributed by atoms with E-state index in [0.29, 0.717) is 6.61 Å². The fourth-order valence-electron chi connectivity index (χ4n) is 1.77. The highest BCUT2D eigenvalue weighted by Crippen LogP contribution is 2.22. The van der Waals surface area contributed by atoms with Crippen LogP contribution in [0.4, 0.5) is 0 Å². The first-order valence-corrected chi connectivity index (χ1v) is 5.52. The summed E-state index contributed by atoms with van der Waals surface area (Å²) in [6.45, 7) is 6.31. The molecule has 1 atom stereocenters. The lowest BCUT2D eigenvalue weighted by molar-refractivity contribution is 0.0889. The summed E-state index contributed by atoms with van der Waals surface area (Å²) < 4.78 is 5.61. The minimum absolute atomic E-state index is 0.114. The Labute approximate surface area is 96.4 Å². The lowest BCUT2D eigenvalue weighted by Gasteiger charge is -2.12. The molecule has 0 spiro atoms. The molecule has 2 aromatic rings. The van der Waals surface area contributed by atoms with Gasteiger partial charge in [0.2, 0.25) is 0 Å². The number of rotatable bonds is 4. The Balaban J connectivity index is 2.28. The normalized spacial score (nSPS) is 12.6. The third-order valence-corrected chi connectivity index (χ3v) is 2.71. The molecular weight excluding hydrogens is 196 g/mol. The van der Waals surface area contributed by atoms with Gasteiger partial charge in [0.25, 0.3) is 0 Å². The predicted octanol–water partition coefficient (Wildman–Crippen LogP) is 4.10. The highest BCUT2D eigenvalue weighted by Gasteiger charge is 2.05. The lowest BCUT2D eigenvalue weighted by atomic mass is 10.0. The van der Waals surface area contributed by atoms with Crippen LogP contribution in [0, 0.1) is 0 Å². The topological polar surface area (TPSA) is 9.23 Å². The van der Waals surface area contributed by atoms with Gasteiger partial charge in [0.05, 0.1) is 12.7 Å². The van der Waals surface area contributed by atoms with E-state index in [2.05, 4.69) is 56.0 Å². The van der Waals surface area contributed by atoms with E-state index < -0.39 is 0 Å². The highest BCUT2D eigenvalue weighted by molar-refractivity contribution is 5.83. The van der Waals surface area contributed by atoms with E-state index in [1.165, 1.54) is 16.3 Å². The van der Waals surface area contributed by atoms with Crippen molar-refractivity contribution in [2.75, 3.05) is 6.61 Å². The van der Waals surface area contributed by atoms with Crippen molar-refractivity contribution in [3.8, 4) is 0 Å². The first kappa shape index (κ1) is 10.9. The summed E-state index contributed by atoms with van der Waals surface area (Å²) >= 11 is 0. The lowest BCUT2D eigenvalue weighted by Crippen LogP contribution is -1.99. The number of ether oxygens (including phenoxy) is 1. The third kappa shape index (κ3) is 2.31. The molecule has 0 saturated heterocycles. The number of hydrogen-bond acceptors (Lipinski definition) is 1. The molecule has 0 bridgehead atoms. The largest absolute Gasteiger partial charge is 0.370 e. The second-order valence-corrected chi connectivity index (χ2v) is 3.87. The molecular formula is C15H16O. The van der Waals surface area contributed by atoms with Gasteiger partial charge in [0.15, 0.2) is 0 Å². The van der Waals surface area contributed by atoms with Crippen LogP contribution in [0.2, 0.25) is 0 Å². The molecule has 0 fully saturated rings. The maximum absolute atomic E-state index is 5.61. The van der Waals surface area contributed by atoms with Crippen LogP contribution < -0.4 is 0 Å². The quantitative estimate of drug-likeness (QED) is 0.693. The predicted molar refractivity (Wildman–Crippen MR) is 68.5 cm³/mol. The first-order chi connectivity index (χ1) is 7.81. The minimum Gasteiger partial charge on any atom is -0.370 e. The molecule has 0 aliphatic heterocycles. The van der Waals surface area contributed by atoms with Crippen molar-refractivity contribution < 1.29 is 4.74 Å². The molecule has 1 heteroatoms. The van der Waals surface area contributed by atoms with Crippen molar-refractivity contribution in [3.63, 3.8) is 0 Å². The fourth-order valence-corrected chi connectivity index (χ4v) is 1.77. The van der Waals surface area contributed by atoms with Crippen LogP contribution in [0.5, 0.6) is 0 Å². The molecule has 0 aliphatic carbocycles. The van der Waals surface area contributed by atoms with Crippen LogP contribution in [0.1, 0.15) is 18.6 Å². The summed E-state index contributed by atoms with van der Waals surface area (Å²) in [7, 11) is 0. The molecule has 16 heavy (non-hydrogen) atoms. The number of hydrogen-bond donors (Lipinski definition) is 0. The maximum Gasteiger partial charge on any atom is 0.0801 e. The average Bonchev–Trinajstić information content (AvgIpc) is 2.35. The molecule has 0 amide bonds. The van der Waals surface area contributed by atoms with Gasteiger partial charge in [-0.2, -0.15) is 0 Å². The molecule has 1 unspecified atom stereocenters. The van der Waals surface area contributed by atoms with Gasteiger partial charge in [0, 0.05) is 0 Å². The zero-order valence-corrected chi connectivity index (χ0v) is 9.52. The van der Waals surface area contributed by atoms with Gasteiger partial charge < -0.3 is 4.74 Å². The standard InChI is InChI=1S/C15H16O/c1-3-10-16-12(2)14-9-8-13-6-4-5-7-15(13)11-14/h3-9,11-12H,1,10H2,2H3. The SMILES string of the molecule is C=CCOC(C)c1ccc2ccccc2c1. The van der Waals surface area contributed by atoms with E-state index in [9.17, 15) is 0 Å². The molecule has 0 heterocycles. The second-order valence-electron chi connectivity index (χ2n) is 3.87. The van der Waals surface area contributed by atoms with Crippen LogP contribution in [-0.2, 0) is 4.74 Å². The summed E-state index contributed by atoms with van der Waals surface area (Å²) in [6, 6.07) is 14.8.